The van der Waals surface area contributed by atoms with Crippen LogP contribution in [0.5, 0.6) is 0 Å². The molecule has 23 heavy (non-hydrogen) atoms. The van der Waals surface area contributed by atoms with Crippen LogP contribution in [0.4, 0.5) is 11.4 Å². The van der Waals surface area contributed by atoms with Gasteiger partial charge in [0.25, 0.3) is 5.69 Å². The molecule has 0 unspecified atom stereocenters. The van der Waals surface area contributed by atoms with Gasteiger partial charge in [0.05, 0.1) is 27.9 Å². The Morgan fingerprint density at radius 1 is 1.17 bits per heavy atom. The number of carbonyl (C=O) groups excluding carboxylic acids is 1. The molecule has 116 valence electrons. The first-order valence-corrected chi connectivity index (χ1v) is 7.18. The summed E-state index contributed by atoms with van der Waals surface area (Å²) < 4.78 is 0.352. The molecule has 7 nitrogen and oxygen atoms in total. The summed E-state index contributed by atoms with van der Waals surface area (Å²) in [4.78, 5) is 28.7. The second kappa shape index (κ2) is 6.01. The van der Waals surface area contributed by atoms with Gasteiger partial charge >= 0.3 is 0 Å². The number of fused-ring (bicyclic) bond motifs is 1. The monoisotopic (exact) mass is 328 g/mol. The number of rotatable bonds is 4. The van der Waals surface area contributed by atoms with Gasteiger partial charge in [-0.3, -0.25) is 14.9 Å². The molecular weight excluding hydrogens is 316 g/mol. The van der Waals surface area contributed by atoms with Crippen molar-refractivity contribution in [1.82, 2.24) is 9.97 Å². The molecule has 1 heterocycles. The van der Waals surface area contributed by atoms with E-state index in [1.807, 2.05) is 6.07 Å². The van der Waals surface area contributed by atoms with E-state index >= 15 is 0 Å². The molecule has 3 aromatic rings. The van der Waals surface area contributed by atoms with Crippen LogP contribution in [0.25, 0.3) is 11.0 Å². The van der Waals surface area contributed by atoms with Crippen LogP contribution in [0.3, 0.4) is 0 Å². The molecule has 3 rings (SSSR count). The van der Waals surface area contributed by atoms with E-state index in [9.17, 15) is 14.9 Å². The molecule has 2 aromatic carbocycles. The molecule has 0 radical (unpaired) electrons. The van der Waals surface area contributed by atoms with Gasteiger partial charge in [0.1, 0.15) is 0 Å². The number of anilines is 1. The van der Waals surface area contributed by atoms with E-state index in [-0.39, 0.29) is 18.0 Å². The summed E-state index contributed by atoms with van der Waals surface area (Å²) in [5.74, 6) is -0.340. The first-order valence-electron chi connectivity index (χ1n) is 6.78. The maximum absolute atomic E-state index is 12.2. The van der Waals surface area contributed by atoms with E-state index in [2.05, 4.69) is 15.3 Å². The molecule has 0 aliphatic rings. The lowest BCUT2D eigenvalue weighted by molar-refractivity contribution is -0.385. The largest absolute Gasteiger partial charge is 0.331 e. The highest BCUT2D eigenvalue weighted by atomic mass is 32.1. The van der Waals surface area contributed by atoms with Crippen LogP contribution >= 0.6 is 12.2 Å². The van der Waals surface area contributed by atoms with E-state index in [0.717, 1.165) is 0 Å². The minimum absolute atomic E-state index is 0.119. The van der Waals surface area contributed by atoms with Gasteiger partial charge in [-0.15, -0.1) is 0 Å². The highest BCUT2D eigenvalue weighted by molar-refractivity contribution is 7.71. The Morgan fingerprint density at radius 3 is 2.61 bits per heavy atom. The summed E-state index contributed by atoms with van der Waals surface area (Å²) in [5.41, 5.74) is 1.92. The molecule has 1 aromatic heterocycles. The van der Waals surface area contributed by atoms with Gasteiger partial charge in [0.15, 0.2) is 4.77 Å². The maximum Gasteiger partial charge on any atom is 0.275 e. The second-order valence-corrected chi connectivity index (χ2v) is 5.32. The number of imidazole rings is 1. The average molecular weight is 328 g/mol. The van der Waals surface area contributed by atoms with Crippen molar-refractivity contribution in [2.45, 2.75) is 6.42 Å². The number of H-pyrrole nitrogens is 2. The summed E-state index contributed by atoms with van der Waals surface area (Å²) in [6.45, 7) is 0. The Labute approximate surface area is 135 Å². The number of aromatic amines is 2. The standard InChI is InChI=1S/C15H12N4O3S/c20-13(16-9-4-2-1-3-5-9)8-10-12(19(21)22)7-6-11-14(10)18-15(23)17-11/h1-7H,8H2,(H,16,20)(H2,17,18,23). The fourth-order valence-electron chi connectivity index (χ4n) is 2.39. The van der Waals surface area contributed by atoms with Gasteiger partial charge in [0, 0.05) is 11.8 Å². The molecule has 0 spiro atoms. The molecule has 0 atom stereocenters. The number of carbonyl (C=O) groups is 1. The molecule has 8 heteroatoms. The number of para-hydroxylation sites is 1. The molecule has 0 aliphatic carbocycles. The number of benzene rings is 2. The first-order chi connectivity index (χ1) is 11.0. The van der Waals surface area contributed by atoms with Crippen LogP contribution in [-0.2, 0) is 11.2 Å². The number of nitro benzene ring substituents is 1. The smallest absolute Gasteiger partial charge is 0.275 e. The van der Waals surface area contributed by atoms with Gasteiger partial charge in [0.2, 0.25) is 5.91 Å². The Kier molecular flexibility index (Phi) is 3.90. The molecule has 1 amide bonds. The van der Waals surface area contributed by atoms with Crippen LogP contribution < -0.4 is 5.32 Å². The fourth-order valence-corrected chi connectivity index (χ4v) is 2.60. The first kappa shape index (κ1) is 14.9. The van der Waals surface area contributed by atoms with Crippen molar-refractivity contribution in [3.05, 3.63) is 62.9 Å². The van der Waals surface area contributed by atoms with Crippen molar-refractivity contribution in [1.29, 1.82) is 0 Å². The third-order valence-electron chi connectivity index (χ3n) is 3.37. The number of aromatic nitrogens is 2. The minimum atomic E-state index is -0.505. The quantitative estimate of drug-likeness (QED) is 0.388. The predicted octanol–water partition coefficient (Wildman–Crippen LogP) is 3.31. The number of hydrogen-bond donors (Lipinski definition) is 3. The van der Waals surface area contributed by atoms with Crippen LogP contribution in [0.1, 0.15) is 5.56 Å². The van der Waals surface area contributed by atoms with Crippen molar-refractivity contribution < 1.29 is 9.72 Å². The molecule has 0 bridgehead atoms. The number of amides is 1. The fraction of sp³-hybridized carbons (Fsp3) is 0.0667. The van der Waals surface area contributed by atoms with Crippen molar-refractivity contribution in [2.24, 2.45) is 0 Å². The highest BCUT2D eigenvalue weighted by Gasteiger charge is 2.21. The van der Waals surface area contributed by atoms with Gasteiger partial charge < -0.3 is 15.3 Å². The third-order valence-corrected chi connectivity index (χ3v) is 3.57. The molecule has 3 N–H and O–H groups in total. The summed E-state index contributed by atoms with van der Waals surface area (Å²) in [5, 5.41) is 14.0. The van der Waals surface area contributed by atoms with Crippen molar-refractivity contribution in [3.8, 4) is 0 Å². The topological polar surface area (TPSA) is 104 Å². The van der Waals surface area contributed by atoms with Gasteiger partial charge in [-0.1, -0.05) is 18.2 Å². The van der Waals surface area contributed by atoms with Crippen molar-refractivity contribution in [3.63, 3.8) is 0 Å². The zero-order valence-corrected chi connectivity index (χ0v) is 12.6. The Morgan fingerprint density at radius 2 is 1.91 bits per heavy atom. The Bertz CT molecular complexity index is 946. The zero-order chi connectivity index (χ0) is 16.4. The van der Waals surface area contributed by atoms with Gasteiger partial charge in [-0.25, -0.2) is 0 Å². The van der Waals surface area contributed by atoms with E-state index < -0.39 is 4.92 Å². The zero-order valence-electron chi connectivity index (χ0n) is 11.8. The predicted molar refractivity (Wildman–Crippen MR) is 88.9 cm³/mol. The highest BCUT2D eigenvalue weighted by Crippen LogP contribution is 2.27. The van der Waals surface area contributed by atoms with E-state index in [1.54, 1.807) is 30.3 Å². The van der Waals surface area contributed by atoms with Crippen molar-refractivity contribution >= 4 is 40.5 Å². The van der Waals surface area contributed by atoms with E-state index in [0.29, 0.717) is 27.1 Å². The number of nitrogens with zero attached hydrogens (tertiary/aromatic N) is 1. The van der Waals surface area contributed by atoms with Gasteiger partial charge in [-0.2, -0.15) is 0 Å². The average Bonchev–Trinajstić information content (AvgIpc) is 2.89. The number of hydrogen-bond acceptors (Lipinski definition) is 4. The lowest BCUT2D eigenvalue weighted by Crippen LogP contribution is -2.15. The lowest BCUT2D eigenvalue weighted by atomic mass is 10.1. The number of nitro groups is 1. The van der Waals surface area contributed by atoms with E-state index in [4.69, 9.17) is 12.2 Å². The summed E-state index contributed by atoms with van der Waals surface area (Å²) in [6.07, 6.45) is -0.133. The van der Waals surface area contributed by atoms with Crippen LogP contribution in [-0.4, -0.2) is 20.8 Å². The maximum atomic E-state index is 12.2. The molecule has 0 aliphatic heterocycles. The third kappa shape index (κ3) is 3.11. The molecule has 0 saturated carbocycles. The van der Waals surface area contributed by atoms with E-state index in [1.165, 1.54) is 6.07 Å². The molecule has 0 saturated heterocycles. The normalized spacial score (nSPS) is 10.6. The second-order valence-electron chi connectivity index (χ2n) is 4.91. The SMILES string of the molecule is O=C(Cc1c([N+](=O)[O-])ccc2[nH]c(=S)[nH]c12)Nc1ccccc1. The van der Waals surface area contributed by atoms with Crippen LogP contribution in [0, 0.1) is 14.9 Å². The van der Waals surface area contributed by atoms with Crippen LogP contribution in [0.15, 0.2) is 42.5 Å². The Balaban J connectivity index is 1.97. The summed E-state index contributed by atoms with van der Waals surface area (Å²) >= 11 is 5.02. The van der Waals surface area contributed by atoms with Gasteiger partial charge in [-0.05, 0) is 30.4 Å². The molecule has 0 fully saturated rings. The Hall–Kier alpha value is -3.00. The van der Waals surface area contributed by atoms with Crippen LogP contribution in [0.2, 0.25) is 0 Å². The summed E-state index contributed by atoms with van der Waals surface area (Å²) in [7, 11) is 0. The number of nitrogens with one attached hydrogen (secondary N) is 3. The molecular formula is C15H12N4O3S. The minimum Gasteiger partial charge on any atom is -0.331 e. The summed E-state index contributed by atoms with van der Waals surface area (Å²) in [6, 6.07) is 11.9. The van der Waals surface area contributed by atoms with Crippen molar-refractivity contribution in [2.75, 3.05) is 5.32 Å². The lowest BCUT2D eigenvalue weighted by Gasteiger charge is -2.06.